The van der Waals surface area contributed by atoms with Crippen LogP contribution in [0, 0.1) is 0 Å². The smallest absolute Gasteiger partial charge is 0.253 e. The van der Waals surface area contributed by atoms with Gasteiger partial charge in [-0.25, -0.2) is 8.42 Å². The summed E-state index contributed by atoms with van der Waals surface area (Å²) in [5.41, 5.74) is 1.16. The number of halogens is 2. The van der Waals surface area contributed by atoms with Gasteiger partial charge in [0.15, 0.2) is 0 Å². The highest BCUT2D eigenvalue weighted by molar-refractivity contribution is 9.10. The number of nitrogens with zero attached hydrogens (tertiary/aromatic N) is 1. The molecule has 1 aliphatic rings. The zero-order valence-corrected chi connectivity index (χ0v) is 17.5. The number of sulfonamides is 1. The summed E-state index contributed by atoms with van der Waals surface area (Å²) in [5, 5.41) is 3.15. The molecule has 1 saturated heterocycles. The minimum absolute atomic E-state index is 0.231. The van der Waals surface area contributed by atoms with Crippen LogP contribution >= 0.6 is 27.5 Å². The Balaban J connectivity index is 1.65. The Morgan fingerprint density at radius 2 is 1.81 bits per heavy atom. The molecule has 9 heteroatoms. The van der Waals surface area contributed by atoms with Gasteiger partial charge in [-0.1, -0.05) is 39.7 Å². The summed E-state index contributed by atoms with van der Waals surface area (Å²) in [6.07, 6.45) is 0. The van der Waals surface area contributed by atoms with Gasteiger partial charge in [-0.2, -0.15) is 4.31 Å². The minimum Gasteiger partial charge on any atom is -0.379 e. The van der Waals surface area contributed by atoms with E-state index >= 15 is 0 Å². The molecule has 1 aliphatic heterocycles. The zero-order valence-electron chi connectivity index (χ0n) is 14.3. The number of carbonyl (C=O) groups excluding carboxylic acids is 1. The molecule has 0 unspecified atom stereocenters. The number of carbonyl (C=O) groups is 1. The van der Waals surface area contributed by atoms with Gasteiger partial charge in [0, 0.05) is 24.1 Å². The predicted molar refractivity (Wildman–Crippen MR) is 106 cm³/mol. The number of hydrogen-bond donors (Lipinski definition) is 1. The molecule has 27 heavy (non-hydrogen) atoms. The normalized spacial score (nSPS) is 15.5. The Kier molecular flexibility index (Phi) is 6.54. The van der Waals surface area contributed by atoms with E-state index in [0.29, 0.717) is 36.9 Å². The first-order valence-electron chi connectivity index (χ1n) is 8.28. The van der Waals surface area contributed by atoms with Crippen LogP contribution in [0.5, 0.6) is 0 Å². The number of benzene rings is 2. The maximum atomic E-state index is 12.6. The first-order valence-corrected chi connectivity index (χ1v) is 10.9. The fraction of sp³-hybridized carbons (Fsp3) is 0.278. The van der Waals surface area contributed by atoms with Crippen molar-refractivity contribution in [2.45, 2.75) is 11.4 Å². The van der Waals surface area contributed by atoms with Crippen molar-refractivity contribution in [2.24, 2.45) is 0 Å². The highest BCUT2D eigenvalue weighted by atomic mass is 79.9. The molecule has 6 nitrogen and oxygen atoms in total. The van der Waals surface area contributed by atoms with Gasteiger partial charge in [-0.05, 0) is 35.9 Å². The monoisotopic (exact) mass is 472 g/mol. The molecule has 2 aromatic rings. The lowest BCUT2D eigenvalue weighted by Crippen LogP contribution is -2.40. The van der Waals surface area contributed by atoms with Gasteiger partial charge in [0.2, 0.25) is 10.0 Å². The second-order valence-electron chi connectivity index (χ2n) is 5.97. The van der Waals surface area contributed by atoms with E-state index in [1.165, 1.54) is 4.31 Å². The van der Waals surface area contributed by atoms with Gasteiger partial charge in [0.25, 0.3) is 5.91 Å². The summed E-state index contributed by atoms with van der Waals surface area (Å²) in [6.45, 7) is 1.78. The van der Waals surface area contributed by atoms with Crippen LogP contribution in [-0.2, 0) is 21.3 Å². The molecule has 0 saturated carbocycles. The van der Waals surface area contributed by atoms with Crippen molar-refractivity contribution >= 4 is 43.5 Å². The lowest BCUT2D eigenvalue weighted by Gasteiger charge is -2.26. The fourth-order valence-corrected chi connectivity index (χ4v) is 4.64. The van der Waals surface area contributed by atoms with Crippen molar-refractivity contribution in [1.82, 2.24) is 9.62 Å². The molecule has 0 aromatic heterocycles. The summed E-state index contributed by atoms with van der Waals surface area (Å²) in [4.78, 5) is 12.5. The third-order valence-corrected chi connectivity index (χ3v) is 6.89. The second kappa shape index (κ2) is 8.70. The number of amides is 1. The molecule has 0 spiro atoms. The number of nitrogens with one attached hydrogen (secondary N) is 1. The SMILES string of the molecule is O=C(NCc1ccc(S(=O)(=O)N2CCOCC2)cc1)c1cc(Br)ccc1Cl. The quantitative estimate of drug-likeness (QED) is 0.724. The van der Waals surface area contributed by atoms with Crippen LogP contribution in [0.1, 0.15) is 15.9 Å². The Morgan fingerprint density at radius 3 is 2.48 bits per heavy atom. The van der Waals surface area contributed by atoms with Crippen LogP contribution in [0.4, 0.5) is 0 Å². The highest BCUT2D eigenvalue weighted by Gasteiger charge is 2.26. The average molecular weight is 474 g/mol. The number of morpholine rings is 1. The van der Waals surface area contributed by atoms with E-state index < -0.39 is 10.0 Å². The molecule has 1 heterocycles. The Bertz CT molecular complexity index is 929. The Labute approximate surface area is 171 Å². The van der Waals surface area contributed by atoms with Gasteiger partial charge < -0.3 is 10.1 Å². The fourth-order valence-electron chi connectivity index (χ4n) is 2.66. The van der Waals surface area contributed by atoms with E-state index in [0.717, 1.165) is 10.0 Å². The van der Waals surface area contributed by atoms with Gasteiger partial charge in [0.05, 0.1) is 28.7 Å². The first-order chi connectivity index (χ1) is 12.9. The Hall–Kier alpha value is -1.45. The molecule has 1 N–H and O–H groups in total. The maximum absolute atomic E-state index is 12.6. The van der Waals surface area contributed by atoms with Crippen LogP contribution in [0.15, 0.2) is 51.8 Å². The second-order valence-corrected chi connectivity index (χ2v) is 9.23. The van der Waals surface area contributed by atoms with Gasteiger partial charge in [-0.15, -0.1) is 0 Å². The predicted octanol–water partition coefficient (Wildman–Crippen LogP) is 3.05. The Morgan fingerprint density at radius 1 is 1.15 bits per heavy atom. The topological polar surface area (TPSA) is 75.7 Å². The van der Waals surface area contributed by atoms with Crippen molar-refractivity contribution in [2.75, 3.05) is 26.3 Å². The number of hydrogen-bond acceptors (Lipinski definition) is 4. The van der Waals surface area contributed by atoms with Crippen LogP contribution < -0.4 is 5.32 Å². The van der Waals surface area contributed by atoms with E-state index in [9.17, 15) is 13.2 Å². The molecule has 3 rings (SSSR count). The molecule has 0 aliphatic carbocycles. The van der Waals surface area contributed by atoms with Crippen molar-refractivity contribution in [3.05, 3.63) is 63.1 Å². The van der Waals surface area contributed by atoms with Gasteiger partial charge in [-0.3, -0.25) is 4.79 Å². The van der Waals surface area contributed by atoms with E-state index in [4.69, 9.17) is 16.3 Å². The molecule has 0 bridgehead atoms. The highest BCUT2D eigenvalue weighted by Crippen LogP contribution is 2.21. The van der Waals surface area contributed by atoms with Gasteiger partial charge in [0.1, 0.15) is 0 Å². The molecule has 1 fully saturated rings. The number of ether oxygens (including phenoxy) is 1. The molecule has 144 valence electrons. The van der Waals surface area contributed by atoms with E-state index in [1.54, 1.807) is 42.5 Å². The summed E-state index contributed by atoms with van der Waals surface area (Å²) in [7, 11) is -3.52. The zero-order chi connectivity index (χ0) is 19.4. The summed E-state index contributed by atoms with van der Waals surface area (Å²) in [5.74, 6) is -0.300. The number of rotatable bonds is 5. The van der Waals surface area contributed by atoms with Crippen LogP contribution in [-0.4, -0.2) is 44.9 Å². The minimum atomic E-state index is -3.52. The third kappa shape index (κ3) is 4.89. The third-order valence-electron chi connectivity index (χ3n) is 4.16. The van der Waals surface area contributed by atoms with Crippen LogP contribution in [0.3, 0.4) is 0 Å². The molecule has 2 aromatic carbocycles. The van der Waals surface area contributed by atoms with Crippen molar-refractivity contribution < 1.29 is 17.9 Å². The standard InChI is InChI=1S/C18H18BrClN2O4S/c19-14-3-6-17(20)16(11-14)18(23)21-12-13-1-4-15(5-2-13)27(24,25)22-7-9-26-10-8-22/h1-6,11H,7-10,12H2,(H,21,23). The van der Waals surface area contributed by atoms with E-state index in [1.807, 2.05) is 0 Å². The molecular weight excluding hydrogens is 456 g/mol. The van der Waals surface area contributed by atoms with E-state index in [-0.39, 0.29) is 17.3 Å². The molecule has 0 atom stereocenters. The van der Waals surface area contributed by atoms with Crippen LogP contribution in [0.25, 0.3) is 0 Å². The average Bonchev–Trinajstić information content (AvgIpc) is 2.69. The molecular formula is C18H18BrClN2O4S. The maximum Gasteiger partial charge on any atom is 0.253 e. The van der Waals surface area contributed by atoms with Crippen LogP contribution in [0.2, 0.25) is 5.02 Å². The molecule has 1 amide bonds. The summed E-state index contributed by atoms with van der Waals surface area (Å²) >= 11 is 9.37. The van der Waals surface area contributed by atoms with Crippen molar-refractivity contribution in [3.63, 3.8) is 0 Å². The summed E-state index contributed by atoms with van der Waals surface area (Å²) in [6, 6.07) is 11.5. The first kappa shape index (κ1) is 20.3. The lowest BCUT2D eigenvalue weighted by molar-refractivity contribution is 0.0730. The lowest BCUT2D eigenvalue weighted by atomic mass is 10.2. The largest absolute Gasteiger partial charge is 0.379 e. The van der Waals surface area contributed by atoms with Crippen molar-refractivity contribution in [1.29, 1.82) is 0 Å². The molecule has 0 radical (unpaired) electrons. The van der Waals surface area contributed by atoms with Crippen molar-refractivity contribution in [3.8, 4) is 0 Å². The van der Waals surface area contributed by atoms with E-state index in [2.05, 4.69) is 21.2 Å². The van der Waals surface area contributed by atoms with Gasteiger partial charge >= 0.3 is 0 Å². The summed E-state index contributed by atoms with van der Waals surface area (Å²) < 4.78 is 32.6.